The molecule has 1 heterocycles. The van der Waals surface area contributed by atoms with Crippen LogP contribution in [0.4, 0.5) is 4.39 Å². The van der Waals surface area contributed by atoms with E-state index in [0.29, 0.717) is 12.0 Å². The number of nitrogens with zero attached hydrogens (tertiary/aromatic N) is 1. The number of imidazole rings is 1. The number of alkyl halides is 1. The second-order valence-corrected chi connectivity index (χ2v) is 2.77. The summed E-state index contributed by atoms with van der Waals surface area (Å²) in [6.07, 6.45) is 1.87. The van der Waals surface area contributed by atoms with Gasteiger partial charge in [-0.3, -0.25) is 4.79 Å². The van der Waals surface area contributed by atoms with Crippen molar-refractivity contribution >= 4 is 6.29 Å². The Labute approximate surface area is 63.6 Å². The quantitative estimate of drug-likeness (QED) is 0.658. The zero-order chi connectivity index (χ0) is 8.48. The maximum atomic E-state index is 13.1. The molecule has 0 aromatic carbocycles. The van der Waals surface area contributed by atoms with Crippen molar-refractivity contribution in [3.05, 3.63) is 17.7 Å². The summed E-state index contributed by atoms with van der Waals surface area (Å²) in [6.45, 7) is 2.80. The molecule has 0 aliphatic carbocycles. The monoisotopic (exact) mass is 156 g/mol. The molecule has 60 valence electrons. The molecule has 0 fully saturated rings. The number of aromatic amines is 1. The summed E-state index contributed by atoms with van der Waals surface area (Å²) in [6, 6.07) is 0. The van der Waals surface area contributed by atoms with Crippen LogP contribution in [0.2, 0.25) is 0 Å². The van der Waals surface area contributed by atoms with Crippen LogP contribution in [0.1, 0.15) is 30.2 Å². The summed E-state index contributed by atoms with van der Waals surface area (Å²) in [5, 5.41) is 0. The average Bonchev–Trinajstić information content (AvgIpc) is 2.32. The van der Waals surface area contributed by atoms with E-state index in [1.165, 1.54) is 20.0 Å². The standard InChI is InChI=1S/C7H9FN2O/c1-7(2,8)5-3-9-6(4-11)10-5/h3-4H,1-2H3,(H,9,10). The van der Waals surface area contributed by atoms with Gasteiger partial charge >= 0.3 is 0 Å². The number of rotatable bonds is 2. The molecule has 0 saturated heterocycles. The van der Waals surface area contributed by atoms with Crippen LogP contribution in [-0.2, 0) is 5.67 Å². The molecule has 11 heavy (non-hydrogen) atoms. The Balaban J connectivity index is 2.98. The molecule has 0 unspecified atom stereocenters. The van der Waals surface area contributed by atoms with E-state index in [2.05, 4.69) is 9.97 Å². The first kappa shape index (κ1) is 7.91. The van der Waals surface area contributed by atoms with Crippen molar-refractivity contribution in [3.63, 3.8) is 0 Å². The Morgan fingerprint density at radius 2 is 2.36 bits per heavy atom. The van der Waals surface area contributed by atoms with Gasteiger partial charge in [0.15, 0.2) is 12.1 Å². The maximum Gasteiger partial charge on any atom is 0.185 e. The fourth-order valence-electron chi connectivity index (χ4n) is 0.699. The molecule has 0 aliphatic rings. The Morgan fingerprint density at radius 3 is 2.64 bits per heavy atom. The van der Waals surface area contributed by atoms with E-state index in [0.717, 1.165) is 0 Å². The molecule has 0 radical (unpaired) electrons. The highest BCUT2D eigenvalue weighted by molar-refractivity contribution is 5.68. The molecule has 1 N–H and O–H groups in total. The van der Waals surface area contributed by atoms with E-state index in [1.807, 2.05) is 0 Å². The van der Waals surface area contributed by atoms with Crippen molar-refractivity contribution in [2.45, 2.75) is 19.5 Å². The van der Waals surface area contributed by atoms with Gasteiger partial charge in [0, 0.05) is 0 Å². The second kappa shape index (κ2) is 2.45. The molecule has 1 aromatic rings. The van der Waals surface area contributed by atoms with Crippen molar-refractivity contribution in [1.82, 2.24) is 9.97 Å². The summed E-state index contributed by atoms with van der Waals surface area (Å²) in [5.74, 6) is 0.158. The smallest absolute Gasteiger partial charge is 0.185 e. The molecule has 0 bridgehead atoms. The van der Waals surface area contributed by atoms with Gasteiger partial charge < -0.3 is 4.98 Å². The van der Waals surface area contributed by atoms with Crippen LogP contribution in [0.3, 0.4) is 0 Å². The number of aldehydes is 1. The number of H-pyrrole nitrogens is 1. The fraction of sp³-hybridized carbons (Fsp3) is 0.429. The summed E-state index contributed by atoms with van der Waals surface area (Å²) >= 11 is 0. The van der Waals surface area contributed by atoms with Gasteiger partial charge in [0.05, 0.1) is 11.9 Å². The van der Waals surface area contributed by atoms with E-state index in [4.69, 9.17) is 0 Å². The van der Waals surface area contributed by atoms with E-state index in [9.17, 15) is 9.18 Å². The van der Waals surface area contributed by atoms with Crippen molar-refractivity contribution in [3.8, 4) is 0 Å². The molecular weight excluding hydrogens is 147 g/mol. The van der Waals surface area contributed by atoms with Gasteiger partial charge in [0.1, 0.15) is 5.67 Å². The summed E-state index contributed by atoms with van der Waals surface area (Å²) in [4.78, 5) is 16.3. The van der Waals surface area contributed by atoms with Gasteiger partial charge in [-0.2, -0.15) is 0 Å². The molecule has 0 spiro atoms. The molecule has 0 atom stereocenters. The lowest BCUT2D eigenvalue weighted by atomic mass is 10.1. The minimum Gasteiger partial charge on any atom is -0.337 e. The fourth-order valence-corrected chi connectivity index (χ4v) is 0.699. The second-order valence-electron chi connectivity index (χ2n) is 2.77. The van der Waals surface area contributed by atoms with Crippen LogP contribution in [0.25, 0.3) is 0 Å². The van der Waals surface area contributed by atoms with Crippen LogP contribution in [0.15, 0.2) is 6.20 Å². The van der Waals surface area contributed by atoms with Crippen LogP contribution in [0.5, 0.6) is 0 Å². The summed E-state index contributed by atoms with van der Waals surface area (Å²) in [7, 11) is 0. The highest BCUT2D eigenvalue weighted by Crippen LogP contribution is 2.21. The number of hydrogen-bond acceptors (Lipinski definition) is 2. The average molecular weight is 156 g/mol. The number of nitrogens with one attached hydrogen (secondary N) is 1. The minimum atomic E-state index is -1.46. The number of carbonyl (C=O) groups is 1. The Hall–Kier alpha value is -1.19. The molecular formula is C7H9FN2O. The predicted octanol–water partition coefficient (Wildman–Crippen LogP) is 1.43. The number of hydrogen-bond donors (Lipinski definition) is 1. The third-order valence-electron chi connectivity index (χ3n) is 1.35. The van der Waals surface area contributed by atoms with Crippen molar-refractivity contribution in [2.24, 2.45) is 0 Å². The van der Waals surface area contributed by atoms with Crippen molar-refractivity contribution < 1.29 is 9.18 Å². The van der Waals surface area contributed by atoms with Crippen molar-refractivity contribution in [1.29, 1.82) is 0 Å². The topological polar surface area (TPSA) is 45.8 Å². The number of halogens is 1. The molecule has 3 nitrogen and oxygen atoms in total. The normalized spacial score (nSPS) is 11.5. The van der Waals surface area contributed by atoms with Crippen LogP contribution < -0.4 is 0 Å². The highest BCUT2D eigenvalue weighted by Gasteiger charge is 2.20. The molecule has 0 saturated carbocycles. The van der Waals surface area contributed by atoms with E-state index in [1.54, 1.807) is 0 Å². The van der Waals surface area contributed by atoms with Gasteiger partial charge in [-0.1, -0.05) is 0 Å². The number of aromatic nitrogens is 2. The summed E-state index contributed by atoms with van der Waals surface area (Å²) in [5.41, 5.74) is -1.14. The van der Waals surface area contributed by atoms with Gasteiger partial charge in [-0.15, -0.1) is 0 Å². The Kier molecular flexibility index (Phi) is 1.76. The van der Waals surface area contributed by atoms with Gasteiger partial charge in [-0.25, -0.2) is 9.37 Å². The maximum absolute atomic E-state index is 13.1. The highest BCUT2D eigenvalue weighted by atomic mass is 19.1. The minimum absolute atomic E-state index is 0.158. The predicted molar refractivity (Wildman–Crippen MR) is 38.1 cm³/mol. The molecule has 0 amide bonds. The largest absolute Gasteiger partial charge is 0.337 e. The first-order chi connectivity index (χ1) is 5.04. The lowest BCUT2D eigenvalue weighted by Crippen LogP contribution is -2.09. The van der Waals surface area contributed by atoms with Gasteiger partial charge in [0.25, 0.3) is 0 Å². The first-order valence-electron chi connectivity index (χ1n) is 3.23. The molecule has 1 rings (SSSR count). The molecule has 4 heteroatoms. The molecule has 0 aliphatic heterocycles. The van der Waals surface area contributed by atoms with E-state index >= 15 is 0 Å². The van der Waals surface area contributed by atoms with E-state index in [-0.39, 0.29) is 5.82 Å². The summed E-state index contributed by atoms with van der Waals surface area (Å²) < 4.78 is 13.1. The number of carbonyl (C=O) groups excluding carboxylic acids is 1. The van der Waals surface area contributed by atoms with E-state index < -0.39 is 5.67 Å². The zero-order valence-electron chi connectivity index (χ0n) is 6.39. The third-order valence-corrected chi connectivity index (χ3v) is 1.35. The van der Waals surface area contributed by atoms with Gasteiger partial charge in [-0.05, 0) is 13.8 Å². The third kappa shape index (κ3) is 1.63. The Morgan fingerprint density at radius 1 is 1.73 bits per heavy atom. The van der Waals surface area contributed by atoms with Crippen LogP contribution in [-0.4, -0.2) is 16.3 Å². The first-order valence-corrected chi connectivity index (χ1v) is 3.23. The van der Waals surface area contributed by atoms with Gasteiger partial charge in [0.2, 0.25) is 0 Å². The molecule has 1 aromatic heterocycles. The van der Waals surface area contributed by atoms with Crippen LogP contribution >= 0.6 is 0 Å². The van der Waals surface area contributed by atoms with Crippen molar-refractivity contribution in [2.75, 3.05) is 0 Å². The SMILES string of the molecule is CC(C)(F)c1cnc(C=O)[nH]1. The van der Waals surface area contributed by atoms with Crippen LogP contribution in [0, 0.1) is 0 Å². The lowest BCUT2D eigenvalue weighted by molar-refractivity contribution is 0.111. The lowest BCUT2D eigenvalue weighted by Gasteiger charge is -2.09. The zero-order valence-corrected chi connectivity index (χ0v) is 6.39. The Bertz CT molecular complexity index is 262.